The average Bonchev–Trinajstić information content (AvgIpc) is 2.28. The van der Waals surface area contributed by atoms with Crippen molar-refractivity contribution in [1.82, 2.24) is 0 Å². The molecule has 2 N–H and O–H groups in total. The zero-order chi connectivity index (χ0) is 13.8. The van der Waals surface area contributed by atoms with Crippen molar-refractivity contribution in [3.05, 3.63) is 41.6 Å². The van der Waals surface area contributed by atoms with Crippen LogP contribution in [0.2, 0.25) is 0 Å². The van der Waals surface area contributed by atoms with Crippen molar-refractivity contribution in [2.75, 3.05) is 0 Å². The number of nitrogens with zero attached hydrogens (tertiary/aromatic N) is 1. The van der Waals surface area contributed by atoms with Crippen LogP contribution in [0.5, 0.6) is 0 Å². The van der Waals surface area contributed by atoms with E-state index in [4.69, 9.17) is 5.73 Å². The van der Waals surface area contributed by atoms with Crippen molar-refractivity contribution in [3.8, 4) is 0 Å². The number of nitrogens with two attached hydrogens (primary N) is 1. The molecule has 98 valence electrons. The maximum atomic E-state index is 12.1. The van der Waals surface area contributed by atoms with Gasteiger partial charge in [0.2, 0.25) is 0 Å². The lowest BCUT2D eigenvalue weighted by atomic mass is 10.0. The summed E-state index contributed by atoms with van der Waals surface area (Å²) in [5, 5.41) is 0. The predicted octanol–water partition coefficient (Wildman–Crippen LogP) is 3.92. The van der Waals surface area contributed by atoms with Crippen molar-refractivity contribution in [1.29, 1.82) is 0 Å². The molecule has 1 rings (SSSR count). The Morgan fingerprint density at radius 2 is 1.78 bits per heavy atom. The van der Waals surface area contributed by atoms with Crippen LogP contribution in [0.25, 0.3) is 0 Å². The molecule has 18 heavy (non-hydrogen) atoms. The van der Waals surface area contributed by atoms with Crippen LogP contribution in [0, 0.1) is 0 Å². The third-order valence-corrected chi connectivity index (χ3v) is 2.36. The molecule has 0 saturated carbocycles. The molecule has 2 nitrogen and oxygen atoms in total. The van der Waals surface area contributed by atoms with E-state index in [1.807, 2.05) is 12.1 Å². The minimum absolute atomic E-state index is 0.406. The van der Waals surface area contributed by atoms with Crippen LogP contribution in [0.3, 0.4) is 0 Å². The molecule has 0 amide bonds. The summed E-state index contributed by atoms with van der Waals surface area (Å²) < 4.78 is 36.2. The van der Waals surface area contributed by atoms with E-state index in [1.54, 1.807) is 12.1 Å². The monoisotopic (exact) mass is 256 g/mol. The van der Waals surface area contributed by atoms with E-state index in [-0.39, 0.29) is 0 Å². The molecule has 0 spiro atoms. The lowest BCUT2D eigenvalue weighted by molar-refractivity contribution is -0.0925. The molecule has 0 aliphatic carbocycles. The third-order valence-electron chi connectivity index (χ3n) is 2.36. The van der Waals surface area contributed by atoms with Gasteiger partial charge in [-0.1, -0.05) is 26.0 Å². The number of allylic oxidation sites excluding steroid dienone is 2. The molecule has 1 aromatic rings. The summed E-state index contributed by atoms with van der Waals surface area (Å²) in [6, 6.07) is 7.30. The van der Waals surface area contributed by atoms with Gasteiger partial charge in [0, 0.05) is 6.21 Å². The van der Waals surface area contributed by atoms with Gasteiger partial charge in [-0.25, -0.2) is 0 Å². The molecule has 0 aromatic heterocycles. The lowest BCUT2D eigenvalue weighted by Gasteiger charge is -2.04. The highest BCUT2D eigenvalue weighted by molar-refractivity contribution is 5.75. The van der Waals surface area contributed by atoms with Crippen molar-refractivity contribution in [2.24, 2.45) is 10.7 Å². The molecule has 5 heteroatoms. The first-order valence-electron chi connectivity index (χ1n) is 5.47. The first kappa shape index (κ1) is 14.3. The maximum absolute atomic E-state index is 12.1. The summed E-state index contributed by atoms with van der Waals surface area (Å²) in [7, 11) is 0. The number of aliphatic imine (C=N–C) groups is 1. The van der Waals surface area contributed by atoms with E-state index in [9.17, 15) is 13.2 Å². The first-order chi connectivity index (χ1) is 8.30. The quantitative estimate of drug-likeness (QED) is 0.818. The molecule has 0 atom stereocenters. The summed E-state index contributed by atoms with van der Waals surface area (Å²) in [6.45, 7) is 4.12. The molecule has 0 aliphatic heterocycles. The Morgan fingerprint density at radius 1 is 1.22 bits per heavy atom. The molecule has 1 aromatic carbocycles. The van der Waals surface area contributed by atoms with Crippen LogP contribution in [0.1, 0.15) is 25.3 Å². The van der Waals surface area contributed by atoms with E-state index in [0.717, 1.165) is 17.9 Å². The second-order valence-electron chi connectivity index (χ2n) is 4.14. The molecular weight excluding hydrogens is 241 g/mol. The maximum Gasteiger partial charge on any atom is 0.430 e. The van der Waals surface area contributed by atoms with E-state index in [2.05, 4.69) is 18.8 Å². The predicted molar refractivity (Wildman–Crippen MR) is 67.0 cm³/mol. The number of rotatable bonds is 3. The summed E-state index contributed by atoms with van der Waals surface area (Å²) >= 11 is 0. The van der Waals surface area contributed by atoms with Gasteiger partial charge in [-0.05, 0) is 29.7 Å². The van der Waals surface area contributed by atoms with Crippen molar-refractivity contribution < 1.29 is 13.2 Å². The Morgan fingerprint density at radius 3 is 2.22 bits per heavy atom. The number of hydrogen-bond acceptors (Lipinski definition) is 2. The molecular formula is C13H15F3N2. The smallest absolute Gasteiger partial charge is 0.395 e. The Hall–Kier alpha value is -1.78. The lowest BCUT2D eigenvalue weighted by Crippen LogP contribution is -2.19. The fourth-order valence-electron chi connectivity index (χ4n) is 1.24. The molecule has 0 aliphatic rings. The van der Waals surface area contributed by atoms with Crippen LogP contribution >= 0.6 is 0 Å². The fourth-order valence-corrected chi connectivity index (χ4v) is 1.24. The van der Waals surface area contributed by atoms with Gasteiger partial charge in [-0.2, -0.15) is 13.2 Å². The van der Waals surface area contributed by atoms with Crippen LogP contribution in [0.15, 0.2) is 41.0 Å². The average molecular weight is 256 g/mol. The summed E-state index contributed by atoms with van der Waals surface area (Å²) in [5.41, 5.74) is 5.40. The molecule has 0 saturated heterocycles. The van der Waals surface area contributed by atoms with E-state index < -0.39 is 11.9 Å². The van der Waals surface area contributed by atoms with Gasteiger partial charge in [-0.15, -0.1) is 0 Å². The number of hydrogen-bond donors (Lipinski definition) is 1. The van der Waals surface area contributed by atoms with Gasteiger partial charge < -0.3 is 5.73 Å². The van der Waals surface area contributed by atoms with E-state index in [0.29, 0.717) is 11.6 Å². The second-order valence-corrected chi connectivity index (χ2v) is 4.14. The highest BCUT2D eigenvalue weighted by Crippen LogP contribution is 2.21. The van der Waals surface area contributed by atoms with Gasteiger partial charge in [0.05, 0.1) is 5.69 Å². The molecule has 0 bridgehead atoms. The second kappa shape index (κ2) is 5.71. The summed E-state index contributed by atoms with van der Waals surface area (Å²) in [6.07, 6.45) is -2.71. The summed E-state index contributed by atoms with van der Waals surface area (Å²) in [4.78, 5) is 3.88. The minimum atomic E-state index is -4.51. The van der Waals surface area contributed by atoms with Crippen molar-refractivity contribution >= 4 is 11.9 Å². The van der Waals surface area contributed by atoms with Crippen LogP contribution in [0.4, 0.5) is 18.9 Å². The highest BCUT2D eigenvalue weighted by atomic mass is 19.4. The van der Waals surface area contributed by atoms with Gasteiger partial charge in [0.15, 0.2) is 0 Å². The van der Waals surface area contributed by atoms with Crippen LogP contribution in [-0.2, 0) is 0 Å². The molecule has 0 heterocycles. The van der Waals surface area contributed by atoms with Crippen LogP contribution in [-0.4, -0.2) is 12.4 Å². The Labute approximate surface area is 104 Å². The Balaban J connectivity index is 2.74. The molecule has 0 fully saturated rings. The largest absolute Gasteiger partial charge is 0.430 e. The topological polar surface area (TPSA) is 38.4 Å². The van der Waals surface area contributed by atoms with Gasteiger partial charge in [0.25, 0.3) is 0 Å². The number of halogens is 3. The van der Waals surface area contributed by atoms with Gasteiger partial charge in [-0.3, -0.25) is 4.99 Å². The minimum Gasteiger partial charge on any atom is -0.395 e. The van der Waals surface area contributed by atoms with Gasteiger partial charge >= 0.3 is 6.18 Å². The zero-order valence-corrected chi connectivity index (χ0v) is 10.2. The third kappa shape index (κ3) is 4.24. The van der Waals surface area contributed by atoms with Gasteiger partial charge in [0.1, 0.15) is 5.70 Å². The Kier molecular flexibility index (Phi) is 4.53. The van der Waals surface area contributed by atoms with E-state index in [1.165, 1.54) is 0 Å². The first-order valence-corrected chi connectivity index (χ1v) is 5.47. The molecule has 0 radical (unpaired) electrons. The standard InChI is InChI=1S/C13H15F3N2/c1-9(2)10-3-5-11(6-4-10)18-8-7-12(17)13(14,15)16/h3-9H,17H2,1-2H3. The summed E-state index contributed by atoms with van der Waals surface area (Å²) in [5.74, 6) is 0.406. The number of alkyl halides is 3. The normalized spacial score (nSPS) is 13.6. The zero-order valence-electron chi connectivity index (χ0n) is 10.2. The van der Waals surface area contributed by atoms with Crippen LogP contribution < -0.4 is 5.73 Å². The number of benzene rings is 1. The highest BCUT2D eigenvalue weighted by Gasteiger charge is 2.30. The Bertz CT molecular complexity index is 442. The van der Waals surface area contributed by atoms with Crippen molar-refractivity contribution in [2.45, 2.75) is 25.9 Å². The fraction of sp³-hybridized carbons (Fsp3) is 0.308. The van der Waals surface area contributed by atoms with Crippen molar-refractivity contribution in [3.63, 3.8) is 0 Å². The van der Waals surface area contributed by atoms with E-state index >= 15 is 0 Å². The SMILES string of the molecule is CC(C)c1ccc(N=CC=C(N)C(F)(F)F)cc1. The molecule has 0 unspecified atom stereocenters.